The third kappa shape index (κ3) is 3.80. The predicted molar refractivity (Wildman–Crippen MR) is 66.2 cm³/mol. The minimum atomic E-state index is -0.952. The van der Waals surface area contributed by atoms with Crippen LogP contribution >= 0.6 is 0 Å². The third-order valence-corrected chi connectivity index (χ3v) is 2.54. The standard InChI is InChI=1S/C14H16O4/c1-3-18-13(16)9-12(10(2)15)14(17)11-7-5-4-6-8-11/h4-8,12H,3,9H2,1-2H3. The molecule has 4 heteroatoms. The van der Waals surface area contributed by atoms with Crippen LogP contribution in [-0.4, -0.2) is 24.1 Å². The summed E-state index contributed by atoms with van der Waals surface area (Å²) < 4.78 is 4.77. The highest BCUT2D eigenvalue weighted by Crippen LogP contribution is 2.14. The molecule has 0 aliphatic rings. The van der Waals surface area contributed by atoms with Gasteiger partial charge >= 0.3 is 5.97 Å². The van der Waals surface area contributed by atoms with Gasteiger partial charge in [-0.1, -0.05) is 30.3 Å². The predicted octanol–water partition coefficient (Wildman–Crippen LogP) is 2.03. The number of rotatable bonds is 6. The zero-order valence-corrected chi connectivity index (χ0v) is 10.5. The van der Waals surface area contributed by atoms with Gasteiger partial charge in [0.15, 0.2) is 5.78 Å². The van der Waals surface area contributed by atoms with Crippen molar-refractivity contribution in [1.29, 1.82) is 0 Å². The Labute approximate surface area is 106 Å². The lowest BCUT2D eigenvalue weighted by Gasteiger charge is -2.11. The molecule has 0 aliphatic carbocycles. The van der Waals surface area contributed by atoms with E-state index >= 15 is 0 Å². The first-order valence-corrected chi connectivity index (χ1v) is 5.81. The summed E-state index contributed by atoms with van der Waals surface area (Å²) in [6, 6.07) is 8.47. The van der Waals surface area contributed by atoms with E-state index < -0.39 is 11.9 Å². The Kier molecular flexibility index (Phi) is 5.24. The average Bonchev–Trinajstić information content (AvgIpc) is 2.36. The van der Waals surface area contributed by atoms with Crippen LogP contribution in [0.1, 0.15) is 30.6 Å². The summed E-state index contributed by atoms with van der Waals surface area (Å²) in [5.74, 6) is -2.14. The van der Waals surface area contributed by atoms with Crippen molar-refractivity contribution in [3.05, 3.63) is 35.9 Å². The second kappa shape index (κ2) is 6.69. The molecule has 0 saturated heterocycles. The Morgan fingerprint density at radius 1 is 1.17 bits per heavy atom. The van der Waals surface area contributed by atoms with E-state index in [2.05, 4.69) is 0 Å². The molecular formula is C14H16O4. The first-order valence-electron chi connectivity index (χ1n) is 5.81. The maximum absolute atomic E-state index is 12.1. The van der Waals surface area contributed by atoms with Gasteiger partial charge < -0.3 is 4.74 Å². The zero-order chi connectivity index (χ0) is 13.5. The van der Waals surface area contributed by atoms with Crippen molar-refractivity contribution in [1.82, 2.24) is 0 Å². The quantitative estimate of drug-likeness (QED) is 0.439. The van der Waals surface area contributed by atoms with E-state index in [1.807, 2.05) is 0 Å². The van der Waals surface area contributed by atoms with Crippen molar-refractivity contribution >= 4 is 17.5 Å². The maximum Gasteiger partial charge on any atom is 0.306 e. The van der Waals surface area contributed by atoms with Gasteiger partial charge in [-0.3, -0.25) is 14.4 Å². The van der Waals surface area contributed by atoms with Crippen molar-refractivity contribution in [2.24, 2.45) is 5.92 Å². The maximum atomic E-state index is 12.1. The van der Waals surface area contributed by atoms with Crippen LogP contribution in [0, 0.1) is 5.92 Å². The van der Waals surface area contributed by atoms with Crippen LogP contribution < -0.4 is 0 Å². The third-order valence-electron chi connectivity index (χ3n) is 2.54. The fraction of sp³-hybridized carbons (Fsp3) is 0.357. The minimum Gasteiger partial charge on any atom is -0.466 e. The van der Waals surface area contributed by atoms with Crippen LogP contribution in [0.2, 0.25) is 0 Å². The smallest absolute Gasteiger partial charge is 0.306 e. The van der Waals surface area contributed by atoms with E-state index in [-0.39, 0.29) is 24.6 Å². The molecular weight excluding hydrogens is 232 g/mol. The number of esters is 1. The van der Waals surface area contributed by atoms with Crippen LogP contribution in [0.3, 0.4) is 0 Å². The Morgan fingerprint density at radius 3 is 2.28 bits per heavy atom. The van der Waals surface area contributed by atoms with Crippen LogP contribution in [-0.2, 0) is 14.3 Å². The Bertz CT molecular complexity index is 436. The van der Waals surface area contributed by atoms with Gasteiger partial charge in [0.05, 0.1) is 18.9 Å². The SMILES string of the molecule is CCOC(=O)CC(C(C)=O)C(=O)c1ccccc1. The number of ether oxygens (including phenoxy) is 1. The van der Waals surface area contributed by atoms with E-state index in [4.69, 9.17) is 4.74 Å². The molecule has 0 aromatic heterocycles. The second-order valence-corrected chi connectivity index (χ2v) is 3.90. The summed E-state index contributed by atoms with van der Waals surface area (Å²) in [5, 5.41) is 0. The molecule has 1 atom stereocenters. The van der Waals surface area contributed by atoms with Gasteiger partial charge in [0.25, 0.3) is 0 Å². The number of carbonyl (C=O) groups is 3. The second-order valence-electron chi connectivity index (χ2n) is 3.90. The van der Waals surface area contributed by atoms with Crippen LogP contribution in [0.25, 0.3) is 0 Å². The van der Waals surface area contributed by atoms with Crippen molar-refractivity contribution < 1.29 is 19.1 Å². The molecule has 0 aliphatic heterocycles. The summed E-state index contributed by atoms with van der Waals surface area (Å²) in [7, 11) is 0. The number of benzene rings is 1. The summed E-state index contributed by atoms with van der Waals surface area (Å²) in [5.41, 5.74) is 0.432. The van der Waals surface area contributed by atoms with E-state index in [0.29, 0.717) is 5.56 Å². The number of hydrogen-bond acceptors (Lipinski definition) is 4. The molecule has 1 rings (SSSR count). The highest BCUT2D eigenvalue weighted by Gasteiger charge is 2.27. The Hall–Kier alpha value is -1.97. The van der Waals surface area contributed by atoms with Crippen molar-refractivity contribution in [3.8, 4) is 0 Å². The van der Waals surface area contributed by atoms with Gasteiger partial charge in [-0.05, 0) is 13.8 Å². The number of hydrogen-bond donors (Lipinski definition) is 0. The lowest BCUT2D eigenvalue weighted by molar-refractivity contribution is -0.145. The van der Waals surface area contributed by atoms with Gasteiger partial charge in [-0.15, -0.1) is 0 Å². The molecule has 4 nitrogen and oxygen atoms in total. The van der Waals surface area contributed by atoms with Crippen LogP contribution in [0.4, 0.5) is 0 Å². The summed E-state index contributed by atoms with van der Waals surface area (Å²) >= 11 is 0. The Balaban J connectivity index is 2.83. The fourth-order valence-electron chi connectivity index (χ4n) is 1.61. The molecule has 96 valence electrons. The van der Waals surface area contributed by atoms with Gasteiger partial charge in [0, 0.05) is 5.56 Å². The molecule has 0 radical (unpaired) electrons. The molecule has 1 aromatic carbocycles. The first-order chi connectivity index (χ1) is 8.56. The van der Waals surface area contributed by atoms with Crippen LogP contribution in [0.5, 0.6) is 0 Å². The summed E-state index contributed by atoms with van der Waals surface area (Å²) in [6.07, 6.45) is -0.198. The highest BCUT2D eigenvalue weighted by atomic mass is 16.5. The summed E-state index contributed by atoms with van der Waals surface area (Å²) in [6.45, 7) is 3.23. The normalized spacial score (nSPS) is 11.7. The molecule has 0 heterocycles. The largest absolute Gasteiger partial charge is 0.466 e. The monoisotopic (exact) mass is 248 g/mol. The van der Waals surface area contributed by atoms with Gasteiger partial charge in [-0.25, -0.2) is 0 Å². The van der Waals surface area contributed by atoms with E-state index in [1.54, 1.807) is 37.3 Å². The van der Waals surface area contributed by atoms with E-state index in [9.17, 15) is 14.4 Å². The number of carbonyl (C=O) groups excluding carboxylic acids is 3. The lowest BCUT2D eigenvalue weighted by Crippen LogP contribution is -2.26. The summed E-state index contributed by atoms with van der Waals surface area (Å²) in [4.78, 5) is 34.9. The number of ketones is 2. The fourth-order valence-corrected chi connectivity index (χ4v) is 1.61. The molecule has 1 unspecified atom stereocenters. The van der Waals surface area contributed by atoms with Gasteiger partial charge in [-0.2, -0.15) is 0 Å². The molecule has 0 saturated carbocycles. The first kappa shape index (κ1) is 14.1. The lowest BCUT2D eigenvalue weighted by atomic mass is 9.91. The zero-order valence-electron chi connectivity index (χ0n) is 10.5. The minimum absolute atomic E-state index is 0.198. The molecule has 0 N–H and O–H groups in total. The molecule has 1 aromatic rings. The van der Waals surface area contributed by atoms with Gasteiger partial charge in [0.1, 0.15) is 5.78 Å². The Morgan fingerprint density at radius 2 is 1.78 bits per heavy atom. The van der Waals surface area contributed by atoms with Crippen molar-refractivity contribution in [2.45, 2.75) is 20.3 Å². The molecule has 0 fully saturated rings. The molecule has 0 amide bonds. The van der Waals surface area contributed by atoms with Crippen molar-refractivity contribution in [2.75, 3.05) is 6.61 Å². The average molecular weight is 248 g/mol. The van der Waals surface area contributed by atoms with Gasteiger partial charge in [0.2, 0.25) is 0 Å². The number of Topliss-reactive ketones (excluding diaryl/α,β-unsaturated/α-hetero) is 2. The highest BCUT2D eigenvalue weighted by molar-refractivity contribution is 6.11. The molecule has 18 heavy (non-hydrogen) atoms. The topological polar surface area (TPSA) is 60.4 Å². The van der Waals surface area contributed by atoms with Crippen molar-refractivity contribution in [3.63, 3.8) is 0 Å². The molecule has 0 bridgehead atoms. The van der Waals surface area contributed by atoms with E-state index in [1.165, 1.54) is 6.92 Å². The van der Waals surface area contributed by atoms with Crippen LogP contribution in [0.15, 0.2) is 30.3 Å². The molecule has 0 spiro atoms. The van der Waals surface area contributed by atoms with E-state index in [0.717, 1.165) is 0 Å².